The molecule has 0 atom stereocenters. The van der Waals surface area contributed by atoms with Crippen LogP contribution in [-0.2, 0) is 5.41 Å². The predicted molar refractivity (Wildman–Crippen MR) is 217 cm³/mol. The van der Waals surface area contributed by atoms with Gasteiger partial charge in [-0.05, 0) is 69.1 Å². The summed E-state index contributed by atoms with van der Waals surface area (Å²) in [4.78, 5) is 10.1. The van der Waals surface area contributed by atoms with Crippen molar-refractivity contribution in [2.75, 3.05) is 0 Å². The molecule has 8 aromatic rings. The molecule has 1 heterocycles. The van der Waals surface area contributed by atoms with Gasteiger partial charge in [0.05, 0.1) is 11.4 Å². The summed E-state index contributed by atoms with van der Waals surface area (Å²) in [5.74, 6) is 0.743. The van der Waals surface area contributed by atoms with Gasteiger partial charge in [-0.2, -0.15) is 0 Å². The molecule has 0 radical (unpaired) electrons. The number of aromatic nitrogens is 2. The maximum Gasteiger partial charge on any atom is 0.160 e. The molecule has 2 nitrogen and oxygen atoms in total. The number of fused-ring (bicyclic) bond motifs is 1. The Balaban J connectivity index is 1.05. The largest absolute Gasteiger partial charge is 0.228 e. The van der Waals surface area contributed by atoms with Crippen LogP contribution < -0.4 is 0 Å². The molecular formula is C50H40N2. The van der Waals surface area contributed by atoms with Crippen LogP contribution in [0.4, 0.5) is 0 Å². The highest BCUT2D eigenvalue weighted by Gasteiger charge is 2.35. The minimum absolute atomic E-state index is 0.00379. The first-order valence-corrected chi connectivity index (χ1v) is 18.5. The summed E-state index contributed by atoms with van der Waals surface area (Å²) in [5, 5.41) is 2.56. The summed E-state index contributed by atoms with van der Waals surface area (Å²) < 4.78 is 0. The third kappa shape index (κ3) is 6.11. The Morgan fingerprint density at radius 3 is 1.58 bits per heavy atom. The normalized spacial score (nSPS) is 13.9. The first kappa shape index (κ1) is 31.8. The minimum atomic E-state index is -0.00379. The molecule has 1 saturated carbocycles. The van der Waals surface area contributed by atoms with Gasteiger partial charge in [-0.15, -0.1) is 0 Å². The van der Waals surface area contributed by atoms with Gasteiger partial charge >= 0.3 is 0 Å². The third-order valence-electron chi connectivity index (χ3n) is 11.0. The molecule has 1 fully saturated rings. The van der Waals surface area contributed by atoms with Crippen molar-refractivity contribution in [2.45, 2.75) is 37.5 Å². The van der Waals surface area contributed by atoms with Crippen molar-refractivity contribution in [3.63, 3.8) is 0 Å². The highest BCUT2D eigenvalue weighted by Crippen LogP contribution is 2.46. The fourth-order valence-corrected chi connectivity index (χ4v) is 8.25. The Morgan fingerprint density at radius 2 is 0.885 bits per heavy atom. The second kappa shape index (κ2) is 13.9. The van der Waals surface area contributed by atoms with Crippen LogP contribution in [0.1, 0.15) is 43.2 Å². The molecule has 1 aliphatic rings. The summed E-state index contributed by atoms with van der Waals surface area (Å²) in [5.41, 5.74) is 12.9. The van der Waals surface area contributed by atoms with Crippen LogP contribution in [0, 0.1) is 0 Å². The van der Waals surface area contributed by atoms with Crippen molar-refractivity contribution in [2.24, 2.45) is 0 Å². The van der Waals surface area contributed by atoms with E-state index in [2.05, 4.69) is 158 Å². The second-order valence-corrected chi connectivity index (χ2v) is 14.1. The quantitative estimate of drug-likeness (QED) is 0.169. The van der Waals surface area contributed by atoms with E-state index in [0.29, 0.717) is 0 Å². The maximum absolute atomic E-state index is 5.08. The van der Waals surface area contributed by atoms with E-state index < -0.39 is 0 Å². The maximum atomic E-state index is 5.08. The van der Waals surface area contributed by atoms with E-state index in [0.717, 1.165) is 46.7 Å². The first-order chi connectivity index (χ1) is 25.7. The van der Waals surface area contributed by atoms with Crippen molar-refractivity contribution in [1.82, 2.24) is 9.97 Å². The smallest absolute Gasteiger partial charge is 0.160 e. The summed E-state index contributed by atoms with van der Waals surface area (Å²) >= 11 is 0. The van der Waals surface area contributed by atoms with Crippen LogP contribution in [0.5, 0.6) is 0 Å². The monoisotopic (exact) mass is 668 g/mol. The molecule has 1 aromatic heterocycles. The van der Waals surface area contributed by atoms with Crippen LogP contribution in [0.2, 0.25) is 0 Å². The van der Waals surface area contributed by atoms with Gasteiger partial charge < -0.3 is 0 Å². The fourth-order valence-electron chi connectivity index (χ4n) is 8.25. The fraction of sp³-hybridized carbons (Fsp3) is 0.120. The summed E-state index contributed by atoms with van der Waals surface area (Å²) in [7, 11) is 0. The molecular weight excluding hydrogens is 629 g/mol. The van der Waals surface area contributed by atoms with E-state index in [1.54, 1.807) is 0 Å². The predicted octanol–water partition coefficient (Wildman–Crippen LogP) is 13.2. The molecule has 9 rings (SSSR count). The third-order valence-corrected chi connectivity index (χ3v) is 11.0. The van der Waals surface area contributed by atoms with Crippen LogP contribution >= 0.6 is 0 Å². The zero-order valence-corrected chi connectivity index (χ0v) is 29.3. The number of hydrogen-bond donors (Lipinski definition) is 0. The highest BCUT2D eigenvalue weighted by molar-refractivity contribution is 5.97. The van der Waals surface area contributed by atoms with Crippen molar-refractivity contribution in [3.8, 4) is 56.2 Å². The number of hydrogen-bond acceptors (Lipinski definition) is 2. The summed E-state index contributed by atoms with van der Waals surface area (Å²) in [6, 6.07) is 65.7. The van der Waals surface area contributed by atoms with Crippen molar-refractivity contribution < 1.29 is 0 Å². The molecule has 0 saturated heterocycles. The average molecular weight is 669 g/mol. The molecule has 0 spiro atoms. The highest BCUT2D eigenvalue weighted by atomic mass is 14.9. The summed E-state index contributed by atoms with van der Waals surface area (Å²) in [6.45, 7) is 0. The molecule has 1 aliphatic carbocycles. The number of nitrogens with zero attached hydrogens (tertiary/aromatic N) is 2. The second-order valence-electron chi connectivity index (χ2n) is 14.1. The Labute approximate surface area is 306 Å². The zero-order chi connectivity index (χ0) is 34.7. The van der Waals surface area contributed by atoms with Crippen LogP contribution in [-0.4, -0.2) is 9.97 Å². The summed E-state index contributed by atoms with van der Waals surface area (Å²) in [6.07, 6.45) is 6.09. The molecule has 0 aliphatic heterocycles. The van der Waals surface area contributed by atoms with Gasteiger partial charge in [0.15, 0.2) is 5.82 Å². The van der Waals surface area contributed by atoms with Gasteiger partial charge in [0, 0.05) is 22.1 Å². The molecule has 2 heteroatoms. The van der Waals surface area contributed by atoms with Crippen molar-refractivity contribution >= 4 is 10.8 Å². The number of rotatable bonds is 7. The first-order valence-electron chi connectivity index (χ1n) is 18.5. The molecule has 0 N–H and O–H groups in total. The lowest BCUT2D eigenvalue weighted by Crippen LogP contribution is -2.30. The van der Waals surface area contributed by atoms with E-state index in [-0.39, 0.29) is 5.41 Å². The van der Waals surface area contributed by atoms with Gasteiger partial charge in [0.2, 0.25) is 0 Å². The van der Waals surface area contributed by atoms with Gasteiger partial charge in [-0.1, -0.05) is 189 Å². The van der Waals surface area contributed by atoms with Gasteiger partial charge in [0.25, 0.3) is 0 Å². The topological polar surface area (TPSA) is 25.8 Å². The van der Waals surface area contributed by atoms with Gasteiger partial charge in [0.1, 0.15) is 0 Å². The molecule has 52 heavy (non-hydrogen) atoms. The van der Waals surface area contributed by atoms with E-state index in [9.17, 15) is 0 Å². The Bertz CT molecular complexity index is 2400. The van der Waals surface area contributed by atoms with Gasteiger partial charge in [-0.3, -0.25) is 0 Å². The van der Waals surface area contributed by atoms with Crippen LogP contribution in [0.25, 0.3) is 66.9 Å². The standard InChI is InChI=1S/C50H40N2/c1-4-15-38(16-5-1)47-35-48(52-49(51-47)40-17-6-2-7-18-40)39-26-30-44(31-27-39)50(32-10-3-11-33-50)43-28-24-36(25-29-43)41-20-12-21-42(34-41)46-23-13-19-37-14-8-9-22-45(37)46/h1-2,4-9,12-31,34-35H,3,10-11,32-33H2. The van der Waals surface area contributed by atoms with Crippen molar-refractivity contribution in [1.29, 1.82) is 0 Å². The SMILES string of the molecule is c1ccc(-c2cc(-c3ccc(C4(c5ccc(-c6cccc(-c7cccc8ccccc78)c6)cc5)CCCCC4)cc3)nc(-c3ccccc3)n2)cc1. The zero-order valence-electron chi connectivity index (χ0n) is 29.3. The Morgan fingerprint density at radius 1 is 0.365 bits per heavy atom. The Kier molecular flexibility index (Phi) is 8.50. The minimum Gasteiger partial charge on any atom is -0.228 e. The molecule has 7 aromatic carbocycles. The molecule has 0 amide bonds. The van der Waals surface area contributed by atoms with E-state index in [4.69, 9.17) is 9.97 Å². The van der Waals surface area contributed by atoms with Gasteiger partial charge in [-0.25, -0.2) is 9.97 Å². The van der Waals surface area contributed by atoms with E-state index >= 15 is 0 Å². The lowest BCUT2D eigenvalue weighted by Gasteiger charge is -2.39. The number of benzene rings is 7. The van der Waals surface area contributed by atoms with Crippen LogP contribution in [0.15, 0.2) is 182 Å². The lowest BCUT2D eigenvalue weighted by molar-refractivity contribution is 0.346. The molecule has 0 unspecified atom stereocenters. The van der Waals surface area contributed by atoms with E-state index in [1.165, 1.54) is 63.4 Å². The molecule has 0 bridgehead atoms. The van der Waals surface area contributed by atoms with Crippen LogP contribution in [0.3, 0.4) is 0 Å². The van der Waals surface area contributed by atoms with Crippen molar-refractivity contribution in [3.05, 3.63) is 193 Å². The average Bonchev–Trinajstić information content (AvgIpc) is 3.24. The Hall–Kier alpha value is -6.12. The lowest BCUT2D eigenvalue weighted by atomic mass is 9.65. The van der Waals surface area contributed by atoms with E-state index in [1.807, 2.05) is 24.3 Å². The molecule has 250 valence electrons.